The number of carbonyl (C=O) groups excluding carboxylic acids is 2. The van der Waals surface area contributed by atoms with Gasteiger partial charge in [0.1, 0.15) is 54.7 Å². The van der Waals surface area contributed by atoms with Crippen molar-refractivity contribution in [2.45, 2.75) is 62.9 Å². The van der Waals surface area contributed by atoms with E-state index < -0.39 is 60.8 Å². The maximum absolute atomic E-state index is 13.4. The molecule has 6 rings (SSSR count). The molecule has 3 saturated heterocycles. The van der Waals surface area contributed by atoms with Crippen molar-refractivity contribution in [2.24, 2.45) is 17.8 Å². The number of fused-ring (bicyclic) bond motifs is 1. The fraction of sp³-hybridized carbons (Fsp3) is 0.548. The predicted molar refractivity (Wildman–Crippen MR) is 164 cm³/mol. The Labute approximate surface area is 275 Å². The highest BCUT2D eigenvalue weighted by Crippen LogP contribution is 2.39. The second kappa shape index (κ2) is 13.9. The number of likely N-dealkylation sites (tertiary alicyclic amines) is 2. The third-order valence-corrected chi connectivity index (χ3v) is 9.73. The van der Waals surface area contributed by atoms with E-state index in [1.54, 1.807) is 36.4 Å². The van der Waals surface area contributed by atoms with Gasteiger partial charge in [0.15, 0.2) is 6.23 Å². The summed E-state index contributed by atoms with van der Waals surface area (Å²) in [6.07, 6.45) is 2.99. The number of aliphatic hydroxyl groups is 5. The topological polar surface area (TPSA) is 176 Å². The highest BCUT2D eigenvalue weighted by molar-refractivity contribution is 6.34. The number of amides is 2. The Morgan fingerprint density at radius 3 is 2.37 bits per heavy atom. The molecule has 1 aromatic carbocycles. The number of piperidine rings is 2. The molecule has 0 radical (unpaired) electrons. The SMILES string of the molecule is O=C1C2C=CC=C(OCC(O)N3CCC(CN4C(O)C=C(Oc5cc(Cl)cc(Cl)c5)C4O)CC3)C2C(=O)N1C1CCC(O)NC1O. The van der Waals surface area contributed by atoms with E-state index in [0.717, 1.165) is 4.90 Å². The summed E-state index contributed by atoms with van der Waals surface area (Å²) in [7, 11) is 0. The molecule has 0 aromatic heterocycles. The number of allylic oxidation sites excluding steroid dienone is 2. The van der Waals surface area contributed by atoms with Crippen LogP contribution < -0.4 is 10.1 Å². The summed E-state index contributed by atoms with van der Waals surface area (Å²) in [5, 5.41) is 55.9. The molecule has 4 aliphatic heterocycles. The lowest BCUT2D eigenvalue weighted by molar-refractivity contribution is -0.150. The fourth-order valence-electron chi connectivity index (χ4n) is 6.86. The monoisotopic (exact) mass is 680 g/mol. The summed E-state index contributed by atoms with van der Waals surface area (Å²) in [6.45, 7) is 1.38. The summed E-state index contributed by atoms with van der Waals surface area (Å²) in [5.74, 6) is -1.61. The van der Waals surface area contributed by atoms with Crippen LogP contribution in [0.1, 0.15) is 25.7 Å². The molecule has 1 aliphatic carbocycles. The van der Waals surface area contributed by atoms with Crippen molar-refractivity contribution in [3.05, 3.63) is 64.1 Å². The maximum atomic E-state index is 13.4. The summed E-state index contributed by atoms with van der Waals surface area (Å²) in [4.78, 5) is 31.1. The molecular formula is C31H38Cl2N4O9. The normalized spacial score (nSPS) is 33.2. The quantitative estimate of drug-likeness (QED) is 0.202. The van der Waals surface area contributed by atoms with Gasteiger partial charge in [0, 0.05) is 35.8 Å². The Hall–Kier alpha value is -2.56. The molecule has 5 aliphatic rings. The zero-order valence-corrected chi connectivity index (χ0v) is 26.4. The van der Waals surface area contributed by atoms with Gasteiger partial charge in [-0.15, -0.1) is 0 Å². The van der Waals surface area contributed by atoms with Crippen molar-refractivity contribution in [3.63, 3.8) is 0 Å². The molecule has 3 fully saturated rings. The molecule has 0 bridgehead atoms. The zero-order chi connectivity index (χ0) is 32.7. The van der Waals surface area contributed by atoms with Crippen LogP contribution in [0.2, 0.25) is 10.0 Å². The van der Waals surface area contributed by atoms with Crippen molar-refractivity contribution in [1.29, 1.82) is 0 Å². The number of nitrogens with zero attached hydrogens (tertiary/aromatic N) is 3. The van der Waals surface area contributed by atoms with Crippen molar-refractivity contribution in [2.75, 3.05) is 26.2 Å². The van der Waals surface area contributed by atoms with Crippen LogP contribution in [-0.4, -0.2) is 115 Å². The molecule has 13 nitrogen and oxygen atoms in total. The van der Waals surface area contributed by atoms with E-state index in [0.29, 0.717) is 48.3 Å². The average molecular weight is 682 g/mol. The van der Waals surface area contributed by atoms with Crippen LogP contribution in [-0.2, 0) is 14.3 Å². The summed E-state index contributed by atoms with van der Waals surface area (Å²) >= 11 is 12.1. The van der Waals surface area contributed by atoms with E-state index in [4.69, 9.17) is 32.7 Å². The van der Waals surface area contributed by atoms with Crippen LogP contribution in [0.4, 0.5) is 0 Å². The molecule has 8 atom stereocenters. The number of hydrogen-bond acceptors (Lipinski definition) is 12. The first-order chi connectivity index (χ1) is 22.0. The van der Waals surface area contributed by atoms with E-state index in [2.05, 4.69) is 5.32 Å². The molecule has 6 N–H and O–H groups in total. The summed E-state index contributed by atoms with van der Waals surface area (Å²) < 4.78 is 11.7. The lowest BCUT2D eigenvalue weighted by atomic mass is 9.89. The first-order valence-electron chi connectivity index (χ1n) is 15.4. The van der Waals surface area contributed by atoms with Crippen molar-refractivity contribution >= 4 is 35.0 Å². The molecule has 0 saturated carbocycles. The largest absolute Gasteiger partial charge is 0.493 e. The standard InChI is InChI=1S/C31H38Cl2N4O9/c32-17-10-18(33)12-19(11-17)46-23-13-25(39)36(30(23)43)14-16-6-8-35(9-7-16)26(40)15-45-22-3-1-2-20-27(22)31(44)37(29(20)42)21-4-5-24(38)34-28(21)41/h1-3,10-13,16,20-21,24-28,30,34,38-41,43H,4-9,14-15H2. The Morgan fingerprint density at radius 2 is 1.67 bits per heavy atom. The van der Waals surface area contributed by atoms with Crippen LogP contribution in [0.5, 0.6) is 5.75 Å². The molecule has 1 aromatic rings. The van der Waals surface area contributed by atoms with Crippen LogP contribution in [0.3, 0.4) is 0 Å². The number of rotatable bonds is 9. The number of nitrogens with one attached hydrogen (secondary N) is 1. The van der Waals surface area contributed by atoms with Gasteiger partial charge in [0.05, 0.1) is 12.0 Å². The molecule has 8 unspecified atom stereocenters. The van der Waals surface area contributed by atoms with Crippen LogP contribution in [0.25, 0.3) is 0 Å². The van der Waals surface area contributed by atoms with Gasteiger partial charge in [-0.25, -0.2) is 4.90 Å². The third-order valence-electron chi connectivity index (χ3n) is 9.30. The molecule has 15 heteroatoms. The van der Waals surface area contributed by atoms with E-state index >= 15 is 0 Å². The van der Waals surface area contributed by atoms with E-state index in [9.17, 15) is 35.1 Å². The second-order valence-corrected chi connectivity index (χ2v) is 13.2. The number of hydrogen-bond donors (Lipinski definition) is 6. The molecular weight excluding hydrogens is 643 g/mol. The van der Waals surface area contributed by atoms with E-state index in [1.165, 1.54) is 11.0 Å². The van der Waals surface area contributed by atoms with Gasteiger partial charge in [-0.1, -0.05) is 35.4 Å². The summed E-state index contributed by atoms with van der Waals surface area (Å²) in [5.41, 5.74) is 0. The smallest absolute Gasteiger partial charge is 0.241 e. The Balaban J connectivity index is 0.980. The zero-order valence-electron chi connectivity index (χ0n) is 24.9. The fourth-order valence-corrected chi connectivity index (χ4v) is 7.36. The molecule has 46 heavy (non-hydrogen) atoms. The number of aliphatic hydroxyl groups excluding tert-OH is 5. The van der Waals surface area contributed by atoms with Crippen LogP contribution in [0.15, 0.2) is 54.0 Å². The lowest BCUT2D eigenvalue weighted by Crippen LogP contribution is -2.58. The minimum Gasteiger partial charge on any atom is -0.493 e. The van der Waals surface area contributed by atoms with Gasteiger partial charge in [-0.05, 0) is 55.9 Å². The van der Waals surface area contributed by atoms with Crippen molar-refractivity contribution in [1.82, 2.24) is 20.0 Å². The average Bonchev–Trinajstić information content (AvgIpc) is 3.42. The van der Waals surface area contributed by atoms with Crippen LogP contribution >= 0.6 is 23.2 Å². The predicted octanol–water partition coefficient (Wildman–Crippen LogP) is 0.699. The van der Waals surface area contributed by atoms with Gasteiger partial charge in [-0.2, -0.15) is 0 Å². The van der Waals surface area contributed by atoms with Crippen molar-refractivity contribution in [3.8, 4) is 5.75 Å². The molecule has 2 amide bonds. The number of carbonyl (C=O) groups is 2. The maximum Gasteiger partial charge on any atom is 0.241 e. The third kappa shape index (κ3) is 6.85. The Bertz CT molecular complexity index is 1400. The molecule has 4 heterocycles. The lowest BCUT2D eigenvalue weighted by Gasteiger charge is -2.37. The van der Waals surface area contributed by atoms with E-state index in [-0.39, 0.29) is 36.9 Å². The minimum absolute atomic E-state index is 0.115. The first kappa shape index (κ1) is 33.3. The number of halogens is 2. The number of ether oxygens (including phenoxy) is 2. The minimum atomic E-state index is -1.24. The van der Waals surface area contributed by atoms with Gasteiger partial charge < -0.3 is 35.0 Å². The van der Waals surface area contributed by atoms with Gasteiger partial charge in [0.2, 0.25) is 11.8 Å². The van der Waals surface area contributed by atoms with Gasteiger partial charge in [-0.3, -0.25) is 24.7 Å². The Morgan fingerprint density at radius 1 is 0.957 bits per heavy atom. The van der Waals surface area contributed by atoms with Crippen LogP contribution in [0, 0.1) is 17.8 Å². The highest BCUT2D eigenvalue weighted by Gasteiger charge is 2.54. The summed E-state index contributed by atoms with van der Waals surface area (Å²) in [6, 6.07) is 3.89. The van der Waals surface area contributed by atoms with Crippen molar-refractivity contribution < 1.29 is 44.6 Å². The highest BCUT2D eigenvalue weighted by atomic mass is 35.5. The number of benzene rings is 1. The van der Waals surface area contributed by atoms with Gasteiger partial charge >= 0.3 is 0 Å². The van der Waals surface area contributed by atoms with E-state index in [1.807, 2.05) is 4.90 Å². The second-order valence-electron chi connectivity index (χ2n) is 12.3. The first-order valence-corrected chi connectivity index (χ1v) is 16.2. The molecule has 0 spiro atoms. The Kier molecular flexibility index (Phi) is 10.1. The number of imide groups is 1. The van der Waals surface area contributed by atoms with Gasteiger partial charge in [0.25, 0.3) is 0 Å². The molecule has 250 valence electrons.